The van der Waals surface area contributed by atoms with Gasteiger partial charge in [0.15, 0.2) is 6.61 Å². The van der Waals surface area contributed by atoms with E-state index < -0.39 is 0 Å². The Morgan fingerprint density at radius 2 is 1.82 bits per heavy atom. The topological polar surface area (TPSA) is 32.8 Å². The minimum absolute atomic E-state index is 0.0906. The fraction of sp³-hybridized carbons (Fsp3) is 0.458. The standard InChI is InChI=1S/C24H30N2O2/c1-18(2)19-7-9-23(10-8-19)28-17-24(27)26-14-12-22(16-26)25-13-11-20-5-3-4-6-21(20)15-25/h3-10,18,22H,11-17H2,1-2H3. The van der Waals surface area contributed by atoms with E-state index in [9.17, 15) is 4.79 Å². The van der Waals surface area contributed by atoms with Gasteiger partial charge >= 0.3 is 0 Å². The molecular weight excluding hydrogens is 348 g/mol. The number of rotatable bonds is 5. The number of carbonyl (C=O) groups excluding carboxylic acids is 1. The Balaban J connectivity index is 1.27. The molecule has 1 saturated heterocycles. The number of nitrogens with zero attached hydrogens (tertiary/aromatic N) is 2. The number of benzene rings is 2. The van der Waals surface area contributed by atoms with E-state index in [1.165, 1.54) is 16.7 Å². The summed E-state index contributed by atoms with van der Waals surface area (Å²) < 4.78 is 5.74. The molecule has 2 aliphatic rings. The van der Waals surface area contributed by atoms with E-state index in [1.54, 1.807) is 0 Å². The van der Waals surface area contributed by atoms with Gasteiger partial charge in [0, 0.05) is 32.2 Å². The molecule has 28 heavy (non-hydrogen) atoms. The molecule has 1 amide bonds. The third-order valence-corrected chi connectivity index (χ3v) is 6.10. The van der Waals surface area contributed by atoms with Gasteiger partial charge in [0.1, 0.15) is 5.75 Å². The Morgan fingerprint density at radius 3 is 2.57 bits per heavy atom. The molecule has 4 nitrogen and oxygen atoms in total. The van der Waals surface area contributed by atoms with Crippen LogP contribution in [-0.4, -0.2) is 48.0 Å². The maximum atomic E-state index is 12.6. The molecule has 0 aliphatic carbocycles. The monoisotopic (exact) mass is 378 g/mol. The lowest BCUT2D eigenvalue weighted by Gasteiger charge is -2.33. The zero-order valence-electron chi connectivity index (χ0n) is 16.9. The Labute approximate surface area is 168 Å². The van der Waals surface area contributed by atoms with Crippen LogP contribution in [0.4, 0.5) is 0 Å². The van der Waals surface area contributed by atoms with Crippen LogP contribution in [0.3, 0.4) is 0 Å². The fourth-order valence-corrected chi connectivity index (χ4v) is 4.28. The molecule has 0 radical (unpaired) electrons. The van der Waals surface area contributed by atoms with Crippen LogP contribution < -0.4 is 4.74 Å². The van der Waals surface area contributed by atoms with Crippen LogP contribution in [0.25, 0.3) is 0 Å². The molecule has 0 saturated carbocycles. The van der Waals surface area contributed by atoms with Crippen LogP contribution in [-0.2, 0) is 17.8 Å². The molecule has 1 fully saturated rings. The van der Waals surface area contributed by atoms with Crippen molar-refractivity contribution in [2.45, 2.75) is 45.2 Å². The maximum absolute atomic E-state index is 12.6. The van der Waals surface area contributed by atoms with Crippen molar-refractivity contribution >= 4 is 5.91 Å². The lowest BCUT2D eigenvalue weighted by atomic mass is 9.98. The van der Waals surface area contributed by atoms with E-state index in [0.717, 1.165) is 44.8 Å². The van der Waals surface area contributed by atoms with E-state index in [2.05, 4.69) is 55.1 Å². The third-order valence-electron chi connectivity index (χ3n) is 6.10. The first kappa shape index (κ1) is 19.0. The van der Waals surface area contributed by atoms with Crippen molar-refractivity contribution in [3.8, 4) is 5.75 Å². The summed E-state index contributed by atoms with van der Waals surface area (Å²) >= 11 is 0. The van der Waals surface area contributed by atoms with E-state index in [0.29, 0.717) is 12.0 Å². The average molecular weight is 379 g/mol. The Kier molecular flexibility index (Phi) is 5.67. The van der Waals surface area contributed by atoms with Crippen molar-refractivity contribution in [2.24, 2.45) is 0 Å². The molecular formula is C24H30N2O2. The van der Waals surface area contributed by atoms with Gasteiger partial charge in [-0.25, -0.2) is 0 Å². The highest BCUT2D eigenvalue weighted by molar-refractivity contribution is 5.78. The van der Waals surface area contributed by atoms with E-state index in [4.69, 9.17) is 4.74 Å². The van der Waals surface area contributed by atoms with Gasteiger partial charge < -0.3 is 9.64 Å². The summed E-state index contributed by atoms with van der Waals surface area (Å²) in [6, 6.07) is 17.2. The van der Waals surface area contributed by atoms with Crippen LogP contribution in [0.2, 0.25) is 0 Å². The quantitative estimate of drug-likeness (QED) is 0.792. The molecule has 148 valence electrons. The summed E-state index contributed by atoms with van der Waals surface area (Å²) in [5, 5.41) is 0. The van der Waals surface area contributed by atoms with Crippen molar-refractivity contribution in [3.63, 3.8) is 0 Å². The number of hydrogen-bond acceptors (Lipinski definition) is 3. The predicted molar refractivity (Wildman–Crippen MR) is 112 cm³/mol. The molecule has 2 aromatic carbocycles. The molecule has 2 heterocycles. The van der Waals surface area contributed by atoms with Crippen LogP contribution in [0.5, 0.6) is 5.75 Å². The van der Waals surface area contributed by atoms with Crippen molar-refractivity contribution in [1.82, 2.24) is 9.80 Å². The molecule has 0 aromatic heterocycles. The minimum Gasteiger partial charge on any atom is -0.484 e. The first-order valence-electron chi connectivity index (χ1n) is 10.4. The number of likely N-dealkylation sites (tertiary alicyclic amines) is 1. The molecule has 0 spiro atoms. The van der Waals surface area contributed by atoms with Gasteiger partial charge in [-0.2, -0.15) is 0 Å². The van der Waals surface area contributed by atoms with Crippen LogP contribution in [0, 0.1) is 0 Å². The number of amides is 1. The summed E-state index contributed by atoms with van der Waals surface area (Å²) in [5.74, 6) is 1.35. The lowest BCUT2D eigenvalue weighted by Crippen LogP contribution is -2.42. The van der Waals surface area contributed by atoms with Crippen LogP contribution in [0.15, 0.2) is 48.5 Å². The van der Waals surface area contributed by atoms with E-state index in [1.807, 2.05) is 17.0 Å². The Morgan fingerprint density at radius 1 is 1.07 bits per heavy atom. The molecule has 2 aromatic rings. The summed E-state index contributed by atoms with van der Waals surface area (Å²) in [5.41, 5.74) is 4.19. The SMILES string of the molecule is CC(C)c1ccc(OCC(=O)N2CCC(N3CCc4ccccc4C3)C2)cc1. The zero-order chi connectivity index (χ0) is 19.5. The highest BCUT2D eigenvalue weighted by Gasteiger charge is 2.32. The van der Waals surface area contributed by atoms with Crippen molar-refractivity contribution in [3.05, 3.63) is 65.2 Å². The second-order valence-corrected chi connectivity index (χ2v) is 8.28. The highest BCUT2D eigenvalue weighted by Crippen LogP contribution is 2.25. The van der Waals surface area contributed by atoms with Crippen molar-refractivity contribution in [1.29, 1.82) is 0 Å². The van der Waals surface area contributed by atoms with Gasteiger partial charge in [0.05, 0.1) is 0 Å². The molecule has 0 N–H and O–H groups in total. The summed E-state index contributed by atoms with van der Waals surface area (Å²) in [6.45, 7) is 8.20. The maximum Gasteiger partial charge on any atom is 0.260 e. The molecule has 1 unspecified atom stereocenters. The second-order valence-electron chi connectivity index (χ2n) is 8.28. The van der Waals surface area contributed by atoms with Crippen LogP contribution in [0.1, 0.15) is 42.9 Å². The second kappa shape index (κ2) is 8.36. The van der Waals surface area contributed by atoms with Crippen molar-refractivity contribution < 1.29 is 9.53 Å². The van der Waals surface area contributed by atoms with Gasteiger partial charge in [0.2, 0.25) is 0 Å². The molecule has 2 aliphatic heterocycles. The van der Waals surface area contributed by atoms with Crippen LogP contribution >= 0.6 is 0 Å². The summed E-state index contributed by atoms with van der Waals surface area (Å²) in [7, 11) is 0. The van der Waals surface area contributed by atoms with Gasteiger partial charge in [-0.15, -0.1) is 0 Å². The Hall–Kier alpha value is -2.33. The first-order valence-corrected chi connectivity index (χ1v) is 10.4. The van der Waals surface area contributed by atoms with Crippen molar-refractivity contribution in [2.75, 3.05) is 26.2 Å². The number of carbonyl (C=O) groups is 1. The summed E-state index contributed by atoms with van der Waals surface area (Å²) in [6.07, 6.45) is 2.16. The van der Waals surface area contributed by atoms with Gasteiger partial charge in [-0.1, -0.05) is 50.2 Å². The smallest absolute Gasteiger partial charge is 0.260 e. The third kappa shape index (κ3) is 4.22. The molecule has 4 rings (SSSR count). The fourth-order valence-electron chi connectivity index (χ4n) is 4.28. The van der Waals surface area contributed by atoms with Gasteiger partial charge in [-0.05, 0) is 47.6 Å². The van der Waals surface area contributed by atoms with Gasteiger partial charge in [0.25, 0.3) is 5.91 Å². The average Bonchev–Trinajstić information content (AvgIpc) is 3.22. The van der Waals surface area contributed by atoms with Gasteiger partial charge in [-0.3, -0.25) is 9.69 Å². The number of ether oxygens (including phenoxy) is 1. The van der Waals surface area contributed by atoms with E-state index in [-0.39, 0.29) is 12.5 Å². The predicted octanol–water partition coefficient (Wildman–Crippen LogP) is 3.85. The molecule has 4 heteroatoms. The normalized spacial score (nSPS) is 19.7. The minimum atomic E-state index is 0.0906. The highest BCUT2D eigenvalue weighted by atomic mass is 16.5. The zero-order valence-corrected chi connectivity index (χ0v) is 16.9. The summed E-state index contributed by atoms with van der Waals surface area (Å²) in [4.78, 5) is 17.1. The lowest BCUT2D eigenvalue weighted by molar-refractivity contribution is -0.132. The first-order chi connectivity index (χ1) is 13.6. The molecule has 1 atom stereocenters. The van der Waals surface area contributed by atoms with E-state index >= 15 is 0 Å². The number of fused-ring (bicyclic) bond motifs is 1. The number of hydrogen-bond donors (Lipinski definition) is 0. The molecule has 0 bridgehead atoms. The Bertz CT molecular complexity index is 816. The largest absolute Gasteiger partial charge is 0.484 e.